The van der Waals surface area contributed by atoms with Gasteiger partial charge in [0.2, 0.25) is 0 Å². The lowest BCUT2D eigenvalue weighted by Crippen LogP contribution is -2.37. The number of hydrogen-bond acceptors (Lipinski definition) is 5. The predicted octanol–water partition coefficient (Wildman–Crippen LogP) is 4.97. The third-order valence-electron chi connectivity index (χ3n) is 6.01. The first-order chi connectivity index (χ1) is 14.6. The fraction of sp³-hybridized carbons (Fsp3) is 0.917. The van der Waals surface area contributed by atoms with Crippen molar-refractivity contribution in [1.29, 1.82) is 0 Å². The summed E-state index contributed by atoms with van der Waals surface area (Å²) in [4.78, 5) is 0. The average Bonchev–Trinajstić information content (AvgIpc) is 3.21. The molecule has 176 valence electrons. The maximum atomic E-state index is 10.5. The highest BCUT2D eigenvalue weighted by molar-refractivity contribution is 4.95. The smallest absolute Gasteiger partial charge is 0.105 e. The molecule has 1 aromatic rings. The van der Waals surface area contributed by atoms with Gasteiger partial charge < -0.3 is 15.3 Å². The first kappa shape index (κ1) is 27.1. The van der Waals surface area contributed by atoms with Gasteiger partial charge in [-0.15, -0.1) is 5.10 Å². The molecule has 1 heterocycles. The van der Waals surface area contributed by atoms with Crippen LogP contribution in [0.25, 0.3) is 0 Å². The highest BCUT2D eigenvalue weighted by Gasteiger charge is 2.28. The normalized spacial score (nSPS) is 14.7. The number of aliphatic hydroxyl groups is 3. The molecule has 0 aromatic carbocycles. The summed E-state index contributed by atoms with van der Waals surface area (Å²) >= 11 is 0. The largest absolute Gasteiger partial charge is 0.394 e. The minimum atomic E-state index is -1.04. The molecule has 1 aromatic heterocycles. The molecule has 3 N–H and O–H groups in total. The van der Waals surface area contributed by atoms with E-state index in [1.807, 2.05) is 0 Å². The lowest BCUT2D eigenvalue weighted by Gasteiger charge is -2.25. The predicted molar refractivity (Wildman–Crippen MR) is 122 cm³/mol. The Balaban J connectivity index is 2.15. The second-order valence-corrected chi connectivity index (χ2v) is 8.78. The van der Waals surface area contributed by atoms with Gasteiger partial charge in [0.1, 0.15) is 12.1 Å². The van der Waals surface area contributed by atoms with Gasteiger partial charge in [-0.3, -0.25) is 0 Å². The zero-order chi connectivity index (χ0) is 22.0. The molecule has 0 saturated heterocycles. The van der Waals surface area contributed by atoms with E-state index in [9.17, 15) is 15.3 Å². The van der Waals surface area contributed by atoms with Crippen molar-refractivity contribution in [2.45, 2.75) is 135 Å². The van der Waals surface area contributed by atoms with E-state index in [0.717, 1.165) is 37.8 Å². The van der Waals surface area contributed by atoms with Gasteiger partial charge in [0.15, 0.2) is 0 Å². The zero-order valence-corrected chi connectivity index (χ0v) is 19.5. The second kappa shape index (κ2) is 17.7. The summed E-state index contributed by atoms with van der Waals surface area (Å²) in [6.07, 6.45) is 18.6. The van der Waals surface area contributed by atoms with Crippen LogP contribution >= 0.6 is 0 Å². The minimum Gasteiger partial charge on any atom is -0.394 e. The van der Waals surface area contributed by atoms with Gasteiger partial charge in [-0.2, -0.15) is 0 Å². The van der Waals surface area contributed by atoms with Gasteiger partial charge in [0, 0.05) is 6.20 Å². The number of nitrogens with zero attached hydrogens (tertiary/aromatic N) is 3. The minimum absolute atomic E-state index is 0.271. The van der Waals surface area contributed by atoms with Crippen LogP contribution in [-0.4, -0.2) is 49.1 Å². The van der Waals surface area contributed by atoms with Crippen LogP contribution in [-0.2, 0) is 6.42 Å². The van der Waals surface area contributed by atoms with E-state index in [1.54, 1.807) is 6.20 Å². The molecule has 0 aliphatic rings. The lowest BCUT2D eigenvalue weighted by molar-refractivity contribution is -0.0350. The molecule has 0 radical (unpaired) electrons. The van der Waals surface area contributed by atoms with Gasteiger partial charge in [0.05, 0.1) is 18.4 Å². The number of aliphatic hydroxyl groups excluding tert-OH is 3. The molecule has 0 unspecified atom stereocenters. The van der Waals surface area contributed by atoms with Crippen molar-refractivity contribution in [1.82, 2.24) is 15.0 Å². The summed E-state index contributed by atoms with van der Waals surface area (Å²) in [5.41, 5.74) is 0.859. The summed E-state index contributed by atoms with van der Waals surface area (Å²) in [6, 6.07) is -0.653. The van der Waals surface area contributed by atoms with Crippen LogP contribution in [0.4, 0.5) is 0 Å². The Bertz CT molecular complexity index is 510. The molecule has 0 bridgehead atoms. The molecule has 0 aliphatic carbocycles. The first-order valence-corrected chi connectivity index (χ1v) is 12.5. The molecule has 0 saturated carbocycles. The maximum Gasteiger partial charge on any atom is 0.105 e. The van der Waals surface area contributed by atoms with Crippen LogP contribution in [0.15, 0.2) is 6.20 Å². The van der Waals surface area contributed by atoms with Crippen LogP contribution in [0.5, 0.6) is 0 Å². The monoisotopic (exact) mass is 425 g/mol. The molecule has 0 amide bonds. The Kier molecular flexibility index (Phi) is 15.9. The molecular weight excluding hydrogens is 378 g/mol. The Morgan fingerprint density at radius 3 is 1.87 bits per heavy atom. The number of hydrogen-bond donors (Lipinski definition) is 3. The highest BCUT2D eigenvalue weighted by Crippen LogP contribution is 2.19. The molecule has 0 spiro atoms. The Labute approximate surface area is 184 Å². The lowest BCUT2D eigenvalue weighted by atomic mass is 9.99. The van der Waals surface area contributed by atoms with E-state index in [-0.39, 0.29) is 6.61 Å². The number of unbranched alkanes of at least 4 members (excludes halogenated alkanes) is 12. The SMILES string of the molecule is CCCCCCCCCCCCCC[C@@H](O)[C@@H](O)[C@H](CO)n1cc(CCCC)nn1. The van der Waals surface area contributed by atoms with Crippen molar-refractivity contribution in [3.05, 3.63) is 11.9 Å². The Morgan fingerprint density at radius 2 is 1.33 bits per heavy atom. The van der Waals surface area contributed by atoms with Gasteiger partial charge >= 0.3 is 0 Å². The van der Waals surface area contributed by atoms with E-state index in [4.69, 9.17) is 0 Å². The van der Waals surface area contributed by atoms with Gasteiger partial charge in [0.25, 0.3) is 0 Å². The van der Waals surface area contributed by atoms with E-state index in [2.05, 4.69) is 24.2 Å². The van der Waals surface area contributed by atoms with Gasteiger partial charge in [-0.25, -0.2) is 4.68 Å². The molecular formula is C24H47N3O3. The van der Waals surface area contributed by atoms with Crippen molar-refractivity contribution in [3.63, 3.8) is 0 Å². The average molecular weight is 426 g/mol. The maximum absolute atomic E-state index is 10.5. The molecule has 1 rings (SSSR count). The summed E-state index contributed by atoms with van der Waals surface area (Å²) in [7, 11) is 0. The van der Waals surface area contributed by atoms with E-state index < -0.39 is 18.2 Å². The summed E-state index contributed by atoms with van der Waals surface area (Å²) in [6.45, 7) is 4.11. The second-order valence-electron chi connectivity index (χ2n) is 8.78. The zero-order valence-electron chi connectivity index (χ0n) is 19.5. The van der Waals surface area contributed by atoms with Crippen molar-refractivity contribution < 1.29 is 15.3 Å². The van der Waals surface area contributed by atoms with E-state index in [0.29, 0.717) is 6.42 Å². The number of aromatic nitrogens is 3. The molecule has 6 heteroatoms. The van der Waals surface area contributed by atoms with Crippen molar-refractivity contribution >= 4 is 0 Å². The van der Waals surface area contributed by atoms with Crippen LogP contribution in [0.2, 0.25) is 0 Å². The quantitative estimate of drug-likeness (QED) is 0.257. The summed E-state index contributed by atoms with van der Waals surface area (Å²) < 4.78 is 1.50. The standard InChI is InChI=1S/C24H47N3O3/c1-3-5-7-8-9-10-11-12-13-14-15-16-18-23(29)24(30)22(20-28)27-19-21(25-26-27)17-6-4-2/h19,22-24,28-30H,3-18,20H2,1-2H3/t22-,23+,24-/m0/s1. The molecule has 30 heavy (non-hydrogen) atoms. The van der Waals surface area contributed by atoms with E-state index >= 15 is 0 Å². The van der Waals surface area contributed by atoms with Gasteiger partial charge in [-0.1, -0.05) is 103 Å². The van der Waals surface area contributed by atoms with Crippen molar-refractivity contribution in [2.75, 3.05) is 6.61 Å². The van der Waals surface area contributed by atoms with Crippen LogP contribution < -0.4 is 0 Å². The fourth-order valence-corrected chi connectivity index (χ4v) is 3.92. The van der Waals surface area contributed by atoms with E-state index in [1.165, 1.54) is 68.9 Å². The van der Waals surface area contributed by atoms with Crippen LogP contribution in [0.3, 0.4) is 0 Å². The highest BCUT2D eigenvalue weighted by atomic mass is 16.3. The third-order valence-corrected chi connectivity index (χ3v) is 6.01. The van der Waals surface area contributed by atoms with Crippen molar-refractivity contribution in [2.24, 2.45) is 0 Å². The Hall–Kier alpha value is -0.980. The van der Waals surface area contributed by atoms with Crippen molar-refractivity contribution in [3.8, 4) is 0 Å². The third kappa shape index (κ3) is 11.4. The summed E-state index contributed by atoms with van der Waals surface area (Å²) in [5, 5.41) is 38.7. The van der Waals surface area contributed by atoms with Crippen LogP contribution in [0.1, 0.15) is 122 Å². The molecule has 6 nitrogen and oxygen atoms in total. The molecule has 3 atom stereocenters. The number of rotatable bonds is 20. The number of aryl methyl sites for hydroxylation is 1. The molecule has 0 aliphatic heterocycles. The first-order valence-electron chi connectivity index (χ1n) is 12.5. The van der Waals surface area contributed by atoms with Gasteiger partial charge in [-0.05, 0) is 19.3 Å². The Morgan fingerprint density at radius 1 is 0.800 bits per heavy atom. The summed E-state index contributed by atoms with van der Waals surface area (Å²) in [5.74, 6) is 0. The van der Waals surface area contributed by atoms with Crippen LogP contribution in [0, 0.1) is 0 Å². The fourth-order valence-electron chi connectivity index (χ4n) is 3.92. The molecule has 0 fully saturated rings. The topological polar surface area (TPSA) is 91.4 Å².